The molecule has 2 N–H and O–H groups in total. The van der Waals surface area contributed by atoms with Crippen LogP contribution in [0.4, 0.5) is 5.69 Å². The van der Waals surface area contributed by atoms with Crippen molar-refractivity contribution in [3.63, 3.8) is 0 Å². The van der Waals surface area contributed by atoms with Crippen molar-refractivity contribution in [1.82, 2.24) is 4.72 Å². The Morgan fingerprint density at radius 2 is 1.79 bits per heavy atom. The summed E-state index contributed by atoms with van der Waals surface area (Å²) < 4.78 is 32.0. The maximum atomic E-state index is 12.3. The third-order valence-corrected chi connectivity index (χ3v) is 4.94. The van der Waals surface area contributed by atoms with Crippen LogP contribution in [0.2, 0.25) is 0 Å². The number of ether oxygens (including phenoxy) is 1. The van der Waals surface area contributed by atoms with E-state index in [-0.39, 0.29) is 4.90 Å². The lowest BCUT2D eigenvalue weighted by molar-refractivity contribution is -0.117. The van der Waals surface area contributed by atoms with E-state index in [4.69, 9.17) is 4.74 Å². The molecule has 0 heterocycles. The van der Waals surface area contributed by atoms with Crippen LogP contribution in [0.15, 0.2) is 53.4 Å². The highest BCUT2D eigenvalue weighted by molar-refractivity contribution is 7.89. The predicted molar refractivity (Wildman–Crippen MR) is 92.6 cm³/mol. The van der Waals surface area contributed by atoms with Gasteiger partial charge in [-0.3, -0.25) is 4.79 Å². The van der Waals surface area contributed by atoms with Crippen LogP contribution >= 0.6 is 0 Å². The second kappa shape index (κ2) is 7.46. The molecule has 0 saturated carbocycles. The van der Waals surface area contributed by atoms with Crippen molar-refractivity contribution in [2.75, 3.05) is 12.4 Å². The largest absolute Gasteiger partial charge is 0.497 e. The molecule has 1 atom stereocenters. The van der Waals surface area contributed by atoms with E-state index in [1.54, 1.807) is 18.2 Å². The van der Waals surface area contributed by atoms with Crippen molar-refractivity contribution in [1.29, 1.82) is 0 Å². The SMILES string of the molecule is COc1ccc(S(=O)(=O)N[C@H](C)C(=O)Nc2cccc(C)c2)cc1. The second-order valence-electron chi connectivity index (χ2n) is 5.38. The van der Waals surface area contributed by atoms with Crippen molar-refractivity contribution in [2.45, 2.75) is 24.8 Å². The van der Waals surface area contributed by atoms with Crippen molar-refractivity contribution in [3.05, 3.63) is 54.1 Å². The van der Waals surface area contributed by atoms with E-state index in [0.717, 1.165) is 5.56 Å². The Balaban J connectivity index is 2.06. The van der Waals surface area contributed by atoms with Crippen LogP contribution < -0.4 is 14.8 Å². The first-order valence-electron chi connectivity index (χ1n) is 7.36. The zero-order chi connectivity index (χ0) is 17.7. The van der Waals surface area contributed by atoms with Crippen LogP contribution in [0.1, 0.15) is 12.5 Å². The van der Waals surface area contributed by atoms with Gasteiger partial charge in [0.25, 0.3) is 0 Å². The van der Waals surface area contributed by atoms with E-state index in [0.29, 0.717) is 11.4 Å². The van der Waals surface area contributed by atoms with Gasteiger partial charge in [-0.2, -0.15) is 4.72 Å². The lowest BCUT2D eigenvalue weighted by Crippen LogP contribution is -2.41. The number of nitrogens with one attached hydrogen (secondary N) is 2. The summed E-state index contributed by atoms with van der Waals surface area (Å²) in [6.45, 7) is 3.40. The number of aryl methyl sites for hydroxylation is 1. The molecular formula is C17H20N2O4S. The highest BCUT2D eigenvalue weighted by Crippen LogP contribution is 2.16. The van der Waals surface area contributed by atoms with Crippen LogP contribution in [0.3, 0.4) is 0 Å². The summed E-state index contributed by atoms with van der Waals surface area (Å²) in [5.74, 6) is 0.122. The molecule has 0 aliphatic heterocycles. The molecule has 7 heteroatoms. The highest BCUT2D eigenvalue weighted by atomic mass is 32.2. The molecule has 0 unspecified atom stereocenters. The summed E-state index contributed by atoms with van der Waals surface area (Å²) in [6, 6.07) is 12.3. The number of benzene rings is 2. The molecule has 0 fully saturated rings. The number of amides is 1. The summed E-state index contributed by atoms with van der Waals surface area (Å²) in [7, 11) is -2.30. The standard InChI is InChI=1S/C17H20N2O4S/c1-12-5-4-6-14(11-12)18-17(20)13(2)19-24(21,22)16-9-7-15(23-3)8-10-16/h4-11,13,19H,1-3H3,(H,18,20)/t13-/m1/s1. The zero-order valence-corrected chi connectivity index (χ0v) is 14.6. The zero-order valence-electron chi connectivity index (χ0n) is 13.7. The smallest absolute Gasteiger partial charge is 0.242 e. The summed E-state index contributed by atoms with van der Waals surface area (Å²) in [6.07, 6.45) is 0. The first kappa shape index (κ1) is 18.0. The fourth-order valence-corrected chi connectivity index (χ4v) is 3.29. The summed E-state index contributed by atoms with van der Waals surface area (Å²) in [5.41, 5.74) is 1.62. The van der Waals surface area contributed by atoms with E-state index in [2.05, 4.69) is 10.0 Å². The van der Waals surface area contributed by atoms with Gasteiger partial charge in [-0.1, -0.05) is 12.1 Å². The molecule has 1 amide bonds. The molecule has 0 saturated heterocycles. The Morgan fingerprint density at radius 1 is 1.12 bits per heavy atom. The van der Waals surface area contributed by atoms with Gasteiger partial charge in [-0.15, -0.1) is 0 Å². The van der Waals surface area contributed by atoms with Gasteiger partial charge in [0.15, 0.2) is 0 Å². The minimum atomic E-state index is -3.80. The van der Waals surface area contributed by atoms with Crippen molar-refractivity contribution < 1.29 is 17.9 Å². The lowest BCUT2D eigenvalue weighted by atomic mass is 10.2. The normalized spacial score (nSPS) is 12.5. The first-order chi connectivity index (χ1) is 11.3. The van der Waals surface area contributed by atoms with E-state index >= 15 is 0 Å². The molecule has 0 spiro atoms. The van der Waals surface area contributed by atoms with Crippen LogP contribution in [-0.4, -0.2) is 27.5 Å². The fourth-order valence-electron chi connectivity index (χ4n) is 2.08. The molecule has 6 nitrogen and oxygen atoms in total. The van der Waals surface area contributed by atoms with Crippen molar-refractivity contribution >= 4 is 21.6 Å². The maximum absolute atomic E-state index is 12.3. The fraction of sp³-hybridized carbons (Fsp3) is 0.235. The van der Waals surface area contributed by atoms with E-state index in [9.17, 15) is 13.2 Å². The van der Waals surface area contributed by atoms with Crippen molar-refractivity contribution in [2.24, 2.45) is 0 Å². The number of methoxy groups -OCH3 is 1. The number of hydrogen-bond acceptors (Lipinski definition) is 4. The topological polar surface area (TPSA) is 84.5 Å². The molecular weight excluding hydrogens is 328 g/mol. The molecule has 0 aromatic heterocycles. The molecule has 0 aliphatic carbocycles. The number of hydrogen-bond donors (Lipinski definition) is 2. The third kappa shape index (κ3) is 4.56. The molecule has 0 bridgehead atoms. The monoisotopic (exact) mass is 348 g/mol. The minimum Gasteiger partial charge on any atom is -0.497 e. The van der Waals surface area contributed by atoms with E-state index < -0.39 is 22.0 Å². The third-order valence-electron chi connectivity index (χ3n) is 3.38. The number of sulfonamides is 1. The molecule has 24 heavy (non-hydrogen) atoms. The molecule has 2 aromatic rings. The van der Waals surface area contributed by atoms with E-state index in [1.165, 1.54) is 26.2 Å². The Bertz CT molecular complexity index is 817. The Hall–Kier alpha value is -2.38. The van der Waals surface area contributed by atoms with Gasteiger partial charge in [-0.05, 0) is 55.8 Å². The summed E-state index contributed by atoms with van der Waals surface area (Å²) in [4.78, 5) is 12.2. The Morgan fingerprint density at radius 3 is 2.38 bits per heavy atom. The summed E-state index contributed by atoms with van der Waals surface area (Å²) in [5, 5.41) is 2.69. The molecule has 0 aliphatic rings. The minimum absolute atomic E-state index is 0.0681. The van der Waals surface area contributed by atoms with Gasteiger partial charge in [0.2, 0.25) is 15.9 Å². The molecule has 2 aromatic carbocycles. The van der Waals surface area contributed by atoms with Crippen molar-refractivity contribution in [3.8, 4) is 5.75 Å². The highest BCUT2D eigenvalue weighted by Gasteiger charge is 2.22. The number of carbonyl (C=O) groups excluding carboxylic acids is 1. The number of anilines is 1. The first-order valence-corrected chi connectivity index (χ1v) is 8.84. The van der Waals surface area contributed by atoms with Crippen LogP contribution in [0.25, 0.3) is 0 Å². The maximum Gasteiger partial charge on any atom is 0.242 e. The van der Waals surface area contributed by atoms with Gasteiger partial charge >= 0.3 is 0 Å². The quantitative estimate of drug-likeness (QED) is 0.839. The van der Waals surface area contributed by atoms with Gasteiger partial charge in [-0.25, -0.2) is 8.42 Å². The van der Waals surface area contributed by atoms with Gasteiger partial charge < -0.3 is 10.1 Å². The van der Waals surface area contributed by atoms with Gasteiger partial charge in [0.1, 0.15) is 5.75 Å². The van der Waals surface area contributed by atoms with Gasteiger partial charge in [0.05, 0.1) is 18.0 Å². The van der Waals surface area contributed by atoms with Crippen LogP contribution in [0.5, 0.6) is 5.75 Å². The lowest BCUT2D eigenvalue weighted by Gasteiger charge is -2.15. The van der Waals surface area contributed by atoms with E-state index in [1.807, 2.05) is 25.1 Å². The van der Waals surface area contributed by atoms with Crippen LogP contribution in [0, 0.1) is 6.92 Å². The Kier molecular flexibility index (Phi) is 5.58. The van der Waals surface area contributed by atoms with Crippen LogP contribution in [-0.2, 0) is 14.8 Å². The average Bonchev–Trinajstić information content (AvgIpc) is 2.54. The predicted octanol–water partition coefficient (Wildman–Crippen LogP) is 2.31. The molecule has 2 rings (SSSR count). The molecule has 128 valence electrons. The average molecular weight is 348 g/mol. The Labute approximate surface area is 141 Å². The second-order valence-corrected chi connectivity index (χ2v) is 7.09. The van der Waals surface area contributed by atoms with Gasteiger partial charge in [0, 0.05) is 5.69 Å². The summed E-state index contributed by atoms with van der Waals surface area (Å²) >= 11 is 0. The number of carbonyl (C=O) groups is 1. The molecule has 0 radical (unpaired) electrons. The number of rotatable bonds is 6.